The van der Waals surface area contributed by atoms with E-state index < -0.39 is 11.6 Å². The molecule has 27 heavy (non-hydrogen) atoms. The summed E-state index contributed by atoms with van der Waals surface area (Å²) in [5.74, 6) is 0.231. The normalized spacial score (nSPS) is 23.7. The highest BCUT2D eigenvalue weighted by atomic mass is 19.1. The Morgan fingerprint density at radius 1 is 1.11 bits per heavy atom. The van der Waals surface area contributed by atoms with Crippen molar-refractivity contribution in [3.8, 4) is 0 Å². The first kappa shape index (κ1) is 18.3. The third-order valence-corrected chi connectivity index (χ3v) is 5.45. The van der Waals surface area contributed by atoms with Crippen molar-refractivity contribution in [1.29, 1.82) is 0 Å². The highest BCUT2D eigenvalue weighted by molar-refractivity contribution is 5.39. The molecule has 3 heterocycles. The average Bonchev–Trinajstić information content (AvgIpc) is 3.10. The van der Waals surface area contributed by atoms with Gasteiger partial charge in [-0.15, -0.1) is 0 Å². The van der Waals surface area contributed by atoms with E-state index in [0.29, 0.717) is 5.56 Å². The maximum atomic E-state index is 14.2. The molecule has 1 aromatic carbocycles. The molecule has 5 nitrogen and oxygen atoms in total. The minimum absolute atomic E-state index is 0.151. The SMILES string of the molecule is Cc1cccc(N2CCN(CC3CNNC3c3ccc(F)cc3F)CC2)n1. The Morgan fingerprint density at radius 2 is 1.93 bits per heavy atom. The zero-order chi connectivity index (χ0) is 18.8. The van der Waals surface area contributed by atoms with Crippen LogP contribution in [0.5, 0.6) is 0 Å². The smallest absolute Gasteiger partial charge is 0.130 e. The molecule has 4 rings (SSSR count). The van der Waals surface area contributed by atoms with Crippen molar-refractivity contribution in [2.45, 2.75) is 13.0 Å². The van der Waals surface area contributed by atoms with Crippen LogP contribution >= 0.6 is 0 Å². The van der Waals surface area contributed by atoms with Crippen molar-refractivity contribution in [3.63, 3.8) is 0 Å². The van der Waals surface area contributed by atoms with E-state index in [1.54, 1.807) is 6.07 Å². The zero-order valence-corrected chi connectivity index (χ0v) is 15.5. The first-order chi connectivity index (χ1) is 13.1. The molecule has 144 valence electrons. The van der Waals surface area contributed by atoms with E-state index in [1.807, 2.05) is 19.1 Å². The van der Waals surface area contributed by atoms with Crippen LogP contribution in [-0.4, -0.2) is 49.2 Å². The summed E-state index contributed by atoms with van der Waals surface area (Å²) in [6.07, 6.45) is 0. The lowest BCUT2D eigenvalue weighted by Gasteiger charge is -2.37. The topological polar surface area (TPSA) is 43.4 Å². The van der Waals surface area contributed by atoms with Gasteiger partial charge < -0.3 is 4.90 Å². The molecule has 2 aliphatic heterocycles. The molecular formula is C20H25F2N5. The van der Waals surface area contributed by atoms with Crippen molar-refractivity contribution in [3.05, 3.63) is 59.3 Å². The van der Waals surface area contributed by atoms with Gasteiger partial charge >= 0.3 is 0 Å². The number of aryl methyl sites for hydroxylation is 1. The van der Waals surface area contributed by atoms with E-state index in [-0.39, 0.29) is 12.0 Å². The van der Waals surface area contributed by atoms with Gasteiger partial charge in [-0.2, -0.15) is 0 Å². The van der Waals surface area contributed by atoms with E-state index in [1.165, 1.54) is 6.07 Å². The second-order valence-corrected chi connectivity index (χ2v) is 7.35. The Morgan fingerprint density at radius 3 is 2.67 bits per heavy atom. The summed E-state index contributed by atoms with van der Waals surface area (Å²) >= 11 is 0. The number of hydrazine groups is 1. The first-order valence-electron chi connectivity index (χ1n) is 9.44. The molecule has 0 radical (unpaired) electrons. The van der Waals surface area contributed by atoms with Gasteiger partial charge in [-0.1, -0.05) is 12.1 Å². The third-order valence-electron chi connectivity index (χ3n) is 5.45. The van der Waals surface area contributed by atoms with Gasteiger partial charge in [0, 0.05) is 62.5 Å². The Hall–Kier alpha value is -2.09. The Balaban J connectivity index is 1.37. The zero-order valence-electron chi connectivity index (χ0n) is 15.5. The van der Waals surface area contributed by atoms with E-state index >= 15 is 0 Å². The molecule has 2 unspecified atom stereocenters. The van der Waals surface area contributed by atoms with Crippen LogP contribution < -0.4 is 15.8 Å². The molecule has 0 saturated carbocycles. The highest BCUT2D eigenvalue weighted by Crippen LogP contribution is 2.28. The van der Waals surface area contributed by atoms with Crippen LogP contribution in [0.25, 0.3) is 0 Å². The van der Waals surface area contributed by atoms with Crippen LogP contribution in [-0.2, 0) is 0 Å². The van der Waals surface area contributed by atoms with E-state index in [0.717, 1.165) is 56.8 Å². The van der Waals surface area contributed by atoms with Crippen molar-refractivity contribution in [1.82, 2.24) is 20.7 Å². The van der Waals surface area contributed by atoms with Gasteiger partial charge in [-0.05, 0) is 25.1 Å². The second-order valence-electron chi connectivity index (χ2n) is 7.35. The molecule has 2 atom stereocenters. The van der Waals surface area contributed by atoms with Gasteiger partial charge in [0.05, 0.1) is 6.04 Å². The van der Waals surface area contributed by atoms with Crippen LogP contribution in [0.4, 0.5) is 14.6 Å². The van der Waals surface area contributed by atoms with Gasteiger partial charge in [-0.3, -0.25) is 10.3 Å². The summed E-state index contributed by atoms with van der Waals surface area (Å²) in [5.41, 5.74) is 7.84. The molecule has 2 N–H and O–H groups in total. The number of benzene rings is 1. The number of pyridine rings is 1. The number of nitrogens with one attached hydrogen (secondary N) is 2. The van der Waals surface area contributed by atoms with E-state index in [4.69, 9.17) is 0 Å². The van der Waals surface area contributed by atoms with Crippen LogP contribution in [0.3, 0.4) is 0 Å². The van der Waals surface area contributed by atoms with Gasteiger partial charge in [-0.25, -0.2) is 19.2 Å². The molecule has 7 heteroatoms. The van der Waals surface area contributed by atoms with Crippen LogP contribution in [0.2, 0.25) is 0 Å². The van der Waals surface area contributed by atoms with Crippen LogP contribution in [0.15, 0.2) is 36.4 Å². The summed E-state index contributed by atoms with van der Waals surface area (Å²) in [6, 6.07) is 9.78. The lowest BCUT2D eigenvalue weighted by atomic mass is 9.93. The summed E-state index contributed by atoms with van der Waals surface area (Å²) in [6.45, 7) is 7.40. The maximum absolute atomic E-state index is 14.2. The molecule has 2 fully saturated rings. The molecule has 2 saturated heterocycles. The number of aromatic nitrogens is 1. The van der Waals surface area contributed by atoms with Crippen LogP contribution in [0, 0.1) is 24.5 Å². The van der Waals surface area contributed by atoms with E-state index in [2.05, 4.69) is 31.7 Å². The second kappa shape index (κ2) is 7.88. The van der Waals surface area contributed by atoms with Crippen LogP contribution in [0.1, 0.15) is 17.3 Å². The Kier molecular flexibility index (Phi) is 5.33. The molecule has 0 aliphatic carbocycles. The third kappa shape index (κ3) is 4.10. The summed E-state index contributed by atoms with van der Waals surface area (Å²) in [5, 5.41) is 0. The number of hydrogen-bond donors (Lipinski definition) is 2. The van der Waals surface area contributed by atoms with Gasteiger partial charge in [0.1, 0.15) is 17.5 Å². The molecule has 1 aromatic heterocycles. The highest BCUT2D eigenvalue weighted by Gasteiger charge is 2.32. The summed E-state index contributed by atoms with van der Waals surface area (Å²) in [4.78, 5) is 9.34. The summed E-state index contributed by atoms with van der Waals surface area (Å²) < 4.78 is 27.4. The fraction of sp³-hybridized carbons (Fsp3) is 0.450. The van der Waals surface area contributed by atoms with Crippen molar-refractivity contribution < 1.29 is 8.78 Å². The monoisotopic (exact) mass is 373 g/mol. The quantitative estimate of drug-likeness (QED) is 0.861. The predicted octanol–water partition coefficient (Wildman–Crippen LogP) is 2.26. The predicted molar refractivity (Wildman–Crippen MR) is 101 cm³/mol. The van der Waals surface area contributed by atoms with Crippen molar-refractivity contribution in [2.75, 3.05) is 44.2 Å². The lowest BCUT2D eigenvalue weighted by Crippen LogP contribution is -2.48. The minimum atomic E-state index is -0.542. The number of hydrogen-bond acceptors (Lipinski definition) is 5. The summed E-state index contributed by atoms with van der Waals surface area (Å²) in [7, 11) is 0. The standard InChI is InChI=1S/C20H25F2N5/c1-14-3-2-4-19(24-14)27-9-7-26(8-10-27)13-15-12-23-25-20(15)17-6-5-16(21)11-18(17)22/h2-6,11,15,20,23,25H,7-10,12-13H2,1H3. The number of rotatable bonds is 4. The van der Waals surface area contributed by atoms with Gasteiger partial charge in [0.15, 0.2) is 0 Å². The first-order valence-corrected chi connectivity index (χ1v) is 9.44. The Labute approximate surface area is 158 Å². The molecule has 0 amide bonds. The molecule has 2 aliphatic rings. The van der Waals surface area contributed by atoms with Gasteiger partial charge in [0.25, 0.3) is 0 Å². The average molecular weight is 373 g/mol. The number of piperazine rings is 1. The van der Waals surface area contributed by atoms with Gasteiger partial charge in [0.2, 0.25) is 0 Å². The Bertz CT molecular complexity index is 792. The molecular weight excluding hydrogens is 348 g/mol. The van der Waals surface area contributed by atoms with Crippen molar-refractivity contribution in [2.24, 2.45) is 5.92 Å². The van der Waals surface area contributed by atoms with Crippen molar-refractivity contribution >= 4 is 5.82 Å². The number of anilines is 1. The maximum Gasteiger partial charge on any atom is 0.130 e. The van der Waals surface area contributed by atoms with E-state index in [9.17, 15) is 8.78 Å². The fourth-order valence-electron chi connectivity index (χ4n) is 3.99. The number of halogens is 2. The molecule has 2 aromatic rings. The molecule has 0 spiro atoms. The largest absolute Gasteiger partial charge is 0.354 e. The number of nitrogens with zero attached hydrogens (tertiary/aromatic N) is 3. The lowest BCUT2D eigenvalue weighted by molar-refractivity contribution is 0.213. The molecule has 0 bridgehead atoms. The fourth-order valence-corrected chi connectivity index (χ4v) is 3.99. The minimum Gasteiger partial charge on any atom is -0.354 e.